The number of hydrogen-bond donors (Lipinski definition) is 2. The summed E-state index contributed by atoms with van der Waals surface area (Å²) in [6.45, 7) is 1.23. The zero-order valence-corrected chi connectivity index (χ0v) is 16.8. The van der Waals surface area contributed by atoms with E-state index in [-0.39, 0.29) is 5.96 Å². The van der Waals surface area contributed by atoms with Crippen LogP contribution in [0.25, 0.3) is 11.0 Å². The first kappa shape index (κ1) is 17.4. The molecule has 0 spiro atoms. The van der Waals surface area contributed by atoms with E-state index in [9.17, 15) is 0 Å². The van der Waals surface area contributed by atoms with Gasteiger partial charge in [-0.25, -0.2) is 15.0 Å². The summed E-state index contributed by atoms with van der Waals surface area (Å²) < 4.78 is 13.6. The number of guanidine groups is 1. The number of nitrogens with zero attached hydrogens (tertiary/aromatic N) is 5. The fraction of sp³-hybridized carbons (Fsp3) is 0.353. The highest BCUT2D eigenvalue weighted by Crippen LogP contribution is 2.42. The van der Waals surface area contributed by atoms with Gasteiger partial charge in [0.25, 0.3) is 0 Å². The molecule has 28 heavy (non-hydrogen) atoms. The molecule has 4 heterocycles. The van der Waals surface area contributed by atoms with Crippen LogP contribution in [0.4, 0.5) is 11.1 Å². The number of rotatable bonds is 2. The summed E-state index contributed by atoms with van der Waals surface area (Å²) in [6.07, 6.45) is 0.372. The minimum atomic E-state index is -0.468. The molecule has 0 saturated carbocycles. The first-order valence-electron chi connectivity index (χ1n) is 8.76. The average Bonchev–Trinajstić information content (AvgIpc) is 3.11. The zero-order chi connectivity index (χ0) is 19.4. The highest BCUT2D eigenvalue weighted by Gasteiger charge is 2.30. The number of anilines is 2. The van der Waals surface area contributed by atoms with Crippen molar-refractivity contribution < 1.29 is 9.47 Å². The van der Waals surface area contributed by atoms with Crippen molar-refractivity contribution in [2.75, 3.05) is 37.5 Å². The Morgan fingerprint density at radius 3 is 2.71 bits per heavy atom. The largest absolute Gasteiger partial charge is 0.489 e. The normalized spacial score (nSPS) is 18.2. The number of halogens is 1. The van der Waals surface area contributed by atoms with Crippen molar-refractivity contribution >= 4 is 51.0 Å². The van der Waals surface area contributed by atoms with Gasteiger partial charge in [0.2, 0.25) is 5.95 Å². The number of aliphatic imine (C=N–C) groups is 1. The van der Waals surface area contributed by atoms with Gasteiger partial charge in [-0.1, -0.05) is 22.9 Å². The molecule has 0 saturated heterocycles. The number of benzene rings is 1. The molecule has 2 aliphatic heterocycles. The molecule has 0 bridgehead atoms. The van der Waals surface area contributed by atoms with E-state index in [2.05, 4.69) is 20.3 Å². The molecule has 0 aliphatic carbocycles. The lowest BCUT2D eigenvalue weighted by Crippen LogP contribution is -2.31. The van der Waals surface area contributed by atoms with Gasteiger partial charge >= 0.3 is 0 Å². The van der Waals surface area contributed by atoms with Crippen LogP contribution < -0.4 is 25.4 Å². The highest BCUT2D eigenvalue weighted by molar-refractivity contribution is 7.16. The van der Waals surface area contributed by atoms with Crippen LogP contribution in [0.5, 0.6) is 11.5 Å². The van der Waals surface area contributed by atoms with Crippen LogP contribution in [0.3, 0.4) is 0 Å². The molecule has 146 valence electrons. The second-order valence-corrected chi connectivity index (χ2v) is 8.07. The van der Waals surface area contributed by atoms with Gasteiger partial charge in [0.05, 0.1) is 29.1 Å². The predicted molar refractivity (Wildman–Crippen MR) is 110 cm³/mol. The number of fused-ring (bicyclic) bond motifs is 4. The average molecular weight is 420 g/mol. The van der Waals surface area contributed by atoms with E-state index in [0.29, 0.717) is 35.8 Å². The highest BCUT2D eigenvalue weighted by atomic mass is 35.5. The minimum absolute atomic E-state index is 0.276. The van der Waals surface area contributed by atoms with Crippen molar-refractivity contribution in [3.63, 3.8) is 0 Å². The molecule has 0 unspecified atom stereocenters. The van der Waals surface area contributed by atoms with Gasteiger partial charge in [-0.05, 0) is 0 Å². The minimum Gasteiger partial charge on any atom is -0.489 e. The molecule has 2 aromatic heterocycles. The van der Waals surface area contributed by atoms with E-state index in [0.717, 1.165) is 27.5 Å². The van der Waals surface area contributed by atoms with Crippen LogP contribution in [-0.4, -0.2) is 47.8 Å². The molecular formula is C17H18ClN7O2S. The first-order chi connectivity index (χ1) is 13.5. The summed E-state index contributed by atoms with van der Waals surface area (Å²) in [5, 5.41) is 4.23. The summed E-state index contributed by atoms with van der Waals surface area (Å²) >= 11 is 7.93. The standard InChI is InChI=1S/C17H18ClN7O2S/c1-24(2)17-21-13(18)12(28-17)14-22-15(19)23-16-20-8-6-10-11(7-9(8)25(14)16)27-5-3-4-26-10/h6-7,14H,3-5H2,1-2H3,(H3,19,20,22,23)/t14-/m1/s1. The monoisotopic (exact) mass is 419 g/mol. The van der Waals surface area contributed by atoms with Crippen molar-refractivity contribution in [2.24, 2.45) is 10.7 Å². The van der Waals surface area contributed by atoms with E-state index < -0.39 is 6.17 Å². The van der Waals surface area contributed by atoms with E-state index in [1.54, 1.807) is 0 Å². The van der Waals surface area contributed by atoms with Crippen molar-refractivity contribution in [1.82, 2.24) is 14.5 Å². The summed E-state index contributed by atoms with van der Waals surface area (Å²) in [5.74, 6) is 2.25. The molecular weight excluding hydrogens is 402 g/mol. The molecule has 3 N–H and O–H groups in total. The second kappa shape index (κ2) is 6.42. The number of hydrogen-bond acceptors (Lipinski definition) is 9. The van der Waals surface area contributed by atoms with E-state index in [4.69, 9.17) is 26.8 Å². The lowest BCUT2D eigenvalue weighted by atomic mass is 10.2. The molecule has 3 aromatic rings. The van der Waals surface area contributed by atoms with Crippen LogP contribution in [0.15, 0.2) is 17.1 Å². The topological polar surface area (TPSA) is 103 Å². The number of aromatic nitrogens is 3. The maximum Gasteiger partial charge on any atom is 0.212 e. The lowest BCUT2D eigenvalue weighted by Gasteiger charge is -2.22. The van der Waals surface area contributed by atoms with Crippen LogP contribution in [0.2, 0.25) is 5.15 Å². The van der Waals surface area contributed by atoms with Crippen LogP contribution in [-0.2, 0) is 0 Å². The molecule has 9 nitrogen and oxygen atoms in total. The van der Waals surface area contributed by atoms with Gasteiger partial charge in [0, 0.05) is 32.6 Å². The third-order valence-electron chi connectivity index (χ3n) is 4.52. The fourth-order valence-electron chi connectivity index (χ4n) is 3.25. The molecule has 0 amide bonds. The van der Waals surface area contributed by atoms with Gasteiger partial charge in [-0.2, -0.15) is 0 Å². The Bertz CT molecular complexity index is 1110. The van der Waals surface area contributed by atoms with E-state index in [1.165, 1.54) is 11.3 Å². The van der Waals surface area contributed by atoms with Crippen molar-refractivity contribution in [1.29, 1.82) is 0 Å². The molecule has 0 fully saturated rings. The number of ether oxygens (including phenoxy) is 2. The summed E-state index contributed by atoms with van der Waals surface area (Å²) in [4.78, 5) is 16.4. The van der Waals surface area contributed by atoms with Crippen molar-refractivity contribution in [3.8, 4) is 11.5 Å². The molecule has 0 radical (unpaired) electrons. The van der Waals surface area contributed by atoms with Gasteiger partial charge in [-0.3, -0.25) is 9.88 Å². The first-order valence-corrected chi connectivity index (χ1v) is 9.96. The summed E-state index contributed by atoms with van der Waals surface area (Å²) in [5.41, 5.74) is 7.64. The Balaban J connectivity index is 1.70. The molecule has 2 aliphatic rings. The third kappa shape index (κ3) is 2.71. The van der Waals surface area contributed by atoms with Crippen LogP contribution in [0, 0.1) is 0 Å². The Morgan fingerprint density at radius 2 is 2.00 bits per heavy atom. The van der Waals surface area contributed by atoms with E-state index >= 15 is 0 Å². The van der Waals surface area contributed by atoms with Gasteiger partial charge < -0.3 is 20.1 Å². The SMILES string of the molecule is CN(C)c1nc(Cl)c([C@@H]2N=C(N)Nc3nc4cc5c(cc4n32)OCCCO5)s1. The lowest BCUT2D eigenvalue weighted by molar-refractivity contribution is 0.297. The molecule has 1 aromatic carbocycles. The number of thiazole rings is 1. The molecule has 1 atom stereocenters. The third-order valence-corrected chi connectivity index (χ3v) is 6.18. The second-order valence-electron chi connectivity index (χ2n) is 6.70. The Kier molecular flexibility index (Phi) is 3.98. The van der Waals surface area contributed by atoms with E-state index in [1.807, 2.05) is 35.7 Å². The molecule has 5 rings (SSSR count). The Labute approximate surface area is 169 Å². The fourth-order valence-corrected chi connectivity index (χ4v) is 4.51. The van der Waals surface area contributed by atoms with Crippen LogP contribution in [0.1, 0.15) is 17.5 Å². The van der Waals surface area contributed by atoms with Gasteiger partial charge in [0.1, 0.15) is 5.15 Å². The quantitative estimate of drug-likeness (QED) is 0.658. The van der Waals surface area contributed by atoms with Gasteiger partial charge in [-0.15, -0.1) is 0 Å². The van der Waals surface area contributed by atoms with Crippen molar-refractivity contribution in [3.05, 3.63) is 22.2 Å². The number of imidazole rings is 1. The van der Waals surface area contributed by atoms with Crippen LogP contribution >= 0.6 is 22.9 Å². The number of nitrogens with one attached hydrogen (secondary N) is 1. The maximum absolute atomic E-state index is 6.46. The Hall–Kier alpha value is -2.72. The summed E-state index contributed by atoms with van der Waals surface area (Å²) in [7, 11) is 3.84. The number of nitrogens with two attached hydrogens (primary N) is 1. The smallest absolute Gasteiger partial charge is 0.212 e. The van der Waals surface area contributed by atoms with Crippen molar-refractivity contribution in [2.45, 2.75) is 12.6 Å². The Morgan fingerprint density at radius 1 is 1.25 bits per heavy atom. The maximum atomic E-state index is 6.46. The molecule has 11 heteroatoms. The van der Waals surface area contributed by atoms with Gasteiger partial charge in [0.15, 0.2) is 28.8 Å². The summed E-state index contributed by atoms with van der Waals surface area (Å²) in [6, 6.07) is 3.82. The predicted octanol–water partition coefficient (Wildman–Crippen LogP) is 2.66. The zero-order valence-electron chi connectivity index (χ0n) is 15.3.